The number of allylic oxidation sites excluding steroid dienone is 1. The first-order valence-electron chi connectivity index (χ1n) is 11.6. The third-order valence-electron chi connectivity index (χ3n) is 5.75. The van der Waals surface area contributed by atoms with Crippen molar-refractivity contribution in [3.05, 3.63) is 88.5 Å². The predicted molar refractivity (Wildman–Crippen MR) is 143 cm³/mol. The molecule has 1 atom stereocenters. The lowest BCUT2D eigenvalue weighted by molar-refractivity contribution is -0.139. The number of carbonyl (C=O) groups excluding carboxylic acids is 1. The molecule has 0 unspecified atom stereocenters. The molecule has 0 amide bonds. The third kappa shape index (κ3) is 4.90. The van der Waals surface area contributed by atoms with E-state index in [2.05, 4.69) is 20.9 Å². The molecule has 0 fully saturated rings. The van der Waals surface area contributed by atoms with Gasteiger partial charge in [0.15, 0.2) is 16.3 Å². The van der Waals surface area contributed by atoms with Crippen molar-refractivity contribution in [1.82, 2.24) is 4.57 Å². The van der Waals surface area contributed by atoms with E-state index in [0.29, 0.717) is 44.3 Å². The fourth-order valence-corrected chi connectivity index (χ4v) is 5.64. The molecular weight excluding hydrogens is 544 g/mol. The molecule has 1 aliphatic rings. The summed E-state index contributed by atoms with van der Waals surface area (Å²) in [5.41, 5.74) is 3.23. The first-order chi connectivity index (χ1) is 17.3. The Bertz CT molecular complexity index is 1520. The average Bonchev–Trinajstić information content (AvgIpc) is 3.14. The van der Waals surface area contributed by atoms with Crippen molar-refractivity contribution >= 4 is 39.3 Å². The lowest BCUT2D eigenvalue weighted by atomic mass is 9.95. The van der Waals surface area contributed by atoms with Crippen LogP contribution in [0.3, 0.4) is 0 Å². The molecule has 1 aliphatic heterocycles. The summed E-state index contributed by atoms with van der Waals surface area (Å²) < 4.78 is 19.5. The Morgan fingerprint density at radius 1 is 1.17 bits per heavy atom. The van der Waals surface area contributed by atoms with E-state index in [0.717, 1.165) is 15.6 Å². The lowest BCUT2D eigenvalue weighted by Gasteiger charge is -2.24. The third-order valence-corrected chi connectivity index (χ3v) is 7.19. The Labute approximate surface area is 221 Å². The monoisotopic (exact) mass is 570 g/mol. The molecule has 0 bridgehead atoms. The van der Waals surface area contributed by atoms with Crippen LogP contribution < -0.4 is 24.4 Å². The van der Waals surface area contributed by atoms with Crippen molar-refractivity contribution in [3.63, 3.8) is 0 Å². The molecule has 188 valence electrons. The number of esters is 1. The number of fused-ring (bicyclic) bond motifs is 1. The number of benzene rings is 2. The highest BCUT2D eigenvalue weighted by atomic mass is 79.9. The van der Waals surface area contributed by atoms with Gasteiger partial charge in [0.05, 0.1) is 42.2 Å². The van der Waals surface area contributed by atoms with E-state index in [1.807, 2.05) is 50.2 Å². The number of thiazole rings is 1. The van der Waals surface area contributed by atoms with Crippen molar-refractivity contribution in [3.8, 4) is 11.5 Å². The highest BCUT2D eigenvalue weighted by Gasteiger charge is 2.33. The molecule has 2 heterocycles. The van der Waals surface area contributed by atoms with Gasteiger partial charge in [-0.15, -0.1) is 0 Å². The number of carbonyl (C=O) groups is 1. The van der Waals surface area contributed by atoms with Gasteiger partial charge in [-0.3, -0.25) is 9.36 Å². The van der Waals surface area contributed by atoms with Gasteiger partial charge in [0, 0.05) is 10.0 Å². The number of ether oxygens (including phenoxy) is 3. The SMILES string of the molecule is CCOC(=O)C1=C(C)N=c2s/c(=C\c3cc(Br)cc(OC)c3OCC)c(=O)n2[C@@H]1c1ccc(C)cc1. The van der Waals surface area contributed by atoms with Gasteiger partial charge in [-0.2, -0.15) is 0 Å². The van der Waals surface area contributed by atoms with E-state index < -0.39 is 12.0 Å². The van der Waals surface area contributed by atoms with E-state index in [4.69, 9.17) is 14.2 Å². The Morgan fingerprint density at radius 2 is 1.89 bits per heavy atom. The van der Waals surface area contributed by atoms with Crippen LogP contribution >= 0.6 is 27.3 Å². The number of aromatic nitrogens is 1. The molecular formula is C27H27BrN2O5S. The maximum atomic E-state index is 13.8. The van der Waals surface area contributed by atoms with E-state index in [1.54, 1.807) is 31.6 Å². The van der Waals surface area contributed by atoms with Crippen molar-refractivity contribution in [2.75, 3.05) is 20.3 Å². The highest BCUT2D eigenvalue weighted by molar-refractivity contribution is 9.10. The first-order valence-corrected chi connectivity index (χ1v) is 13.2. The second-order valence-electron chi connectivity index (χ2n) is 8.17. The second kappa shape index (κ2) is 10.8. The zero-order valence-electron chi connectivity index (χ0n) is 20.8. The molecule has 0 saturated heterocycles. The van der Waals surface area contributed by atoms with Gasteiger partial charge in [-0.25, -0.2) is 9.79 Å². The molecule has 7 nitrogen and oxygen atoms in total. The normalized spacial score (nSPS) is 15.4. The van der Waals surface area contributed by atoms with Gasteiger partial charge in [-0.1, -0.05) is 57.1 Å². The summed E-state index contributed by atoms with van der Waals surface area (Å²) in [7, 11) is 1.57. The van der Waals surface area contributed by atoms with E-state index in [-0.39, 0.29) is 12.2 Å². The van der Waals surface area contributed by atoms with Gasteiger partial charge in [0.1, 0.15) is 0 Å². The number of rotatable bonds is 7. The second-order valence-corrected chi connectivity index (χ2v) is 10.1. The number of hydrogen-bond donors (Lipinski definition) is 0. The van der Waals surface area contributed by atoms with Gasteiger partial charge >= 0.3 is 5.97 Å². The fraction of sp³-hybridized carbons (Fsp3) is 0.296. The molecule has 0 aliphatic carbocycles. The topological polar surface area (TPSA) is 79.1 Å². The Kier molecular flexibility index (Phi) is 7.80. The molecule has 1 aromatic heterocycles. The van der Waals surface area contributed by atoms with E-state index >= 15 is 0 Å². The summed E-state index contributed by atoms with van der Waals surface area (Å²) in [6, 6.07) is 10.8. The van der Waals surface area contributed by atoms with Crippen molar-refractivity contribution in [2.24, 2.45) is 4.99 Å². The largest absolute Gasteiger partial charge is 0.493 e. The summed E-state index contributed by atoms with van der Waals surface area (Å²) in [5, 5.41) is 0. The zero-order valence-corrected chi connectivity index (χ0v) is 23.2. The summed E-state index contributed by atoms with van der Waals surface area (Å²) in [6.45, 7) is 8.08. The van der Waals surface area contributed by atoms with Crippen LogP contribution in [0.4, 0.5) is 0 Å². The standard InChI is InChI=1S/C27H27BrN2O5S/c1-6-34-24-18(12-19(28)14-20(24)33-5)13-21-25(31)30-23(17-10-8-15(3)9-11-17)22(26(32)35-7-2)16(4)29-27(30)36-21/h8-14,23H,6-7H2,1-5H3/b21-13-/t23-/m1/s1. The van der Waals surface area contributed by atoms with Crippen LogP contribution in [0, 0.1) is 6.92 Å². The zero-order chi connectivity index (χ0) is 26.0. The number of hydrogen-bond acceptors (Lipinski definition) is 7. The molecule has 0 N–H and O–H groups in total. The molecule has 9 heteroatoms. The van der Waals surface area contributed by atoms with Crippen molar-refractivity contribution in [2.45, 2.75) is 33.7 Å². The van der Waals surface area contributed by atoms with E-state index in [1.165, 1.54) is 11.3 Å². The minimum atomic E-state index is -0.647. The van der Waals surface area contributed by atoms with Gasteiger partial charge in [0.2, 0.25) is 0 Å². The number of halogens is 1. The summed E-state index contributed by atoms with van der Waals surface area (Å²) in [5.74, 6) is 0.629. The number of nitrogens with zero attached hydrogens (tertiary/aromatic N) is 2. The summed E-state index contributed by atoms with van der Waals surface area (Å²) >= 11 is 4.77. The van der Waals surface area contributed by atoms with Crippen LogP contribution in [0.1, 0.15) is 43.5 Å². The van der Waals surface area contributed by atoms with Gasteiger partial charge in [0.25, 0.3) is 5.56 Å². The molecule has 36 heavy (non-hydrogen) atoms. The molecule has 0 spiro atoms. The maximum absolute atomic E-state index is 13.8. The summed E-state index contributed by atoms with van der Waals surface area (Å²) in [6.07, 6.45) is 1.78. The van der Waals surface area contributed by atoms with Crippen molar-refractivity contribution < 1.29 is 19.0 Å². The van der Waals surface area contributed by atoms with Crippen LogP contribution in [-0.2, 0) is 9.53 Å². The molecule has 3 aromatic rings. The molecule has 0 radical (unpaired) electrons. The highest BCUT2D eigenvalue weighted by Crippen LogP contribution is 2.35. The number of methoxy groups -OCH3 is 1. The summed E-state index contributed by atoms with van der Waals surface area (Å²) in [4.78, 5) is 32.0. The van der Waals surface area contributed by atoms with E-state index in [9.17, 15) is 9.59 Å². The average molecular weight is 571 g/mol. The Balaban J connectivity index is 1.98. The van der Waals surface area contributed by atoms with Crippen LogP contribution in [0.2, 0.25) is 0 Å². The quantitative estimate of drug-likeness (QED) is 0.396. The lowest BCUT2D eigenvalue weighted by Crippen LogP contribution is -2.39. The van der Waals surface area contributed by atoms with Crippen LogP contribution in [0.5, 0.6) is 11.5 Å². The van der Waals surface area contributed by atoms with Gasteiger partial charge < -0.3 is 14.2 Å². The van der Waals surface area contributed by atoms with Crippen molar-refractivity contribution in [1.29, 1.82) is 0 Å². The van der Waals surface area contributed by atoms with Crippen LogP contribution in [0.25, 0.3) is 6.08 Å². The predicted octanol–water partition coefficient (Wildman–Crippen LogP) is 4.28. The Hall–Kier alpha value is -3.17. The van der Waals surface area contributed by atoms with Crippen LogP contribution in [-0.4, -0.2) is 30.9 Å². The van der Waals surface area contributed by atoms with Crippen LogP contribution in [0.15, 0.2) is 61.9 Å². The maximum Gasteiger partial charge on any atom is 0.338 e. The first kappa shape index (κ1) is 25.9. The minimum Gasteiger partial charge on any atom is -0.493 e. The molecule has 0 saturated carbocycles. The fourth-order valence-electron chi connectivity index (χ4n) is 4.14. The number of aryl methyl sites for hydroxylation is 1. The van der Waals surface area contributed by atoms with Gasteiger partial charge in [-0.05, 0) is 51.5 Å². The molecule has 4 rings (SSSR count). The smallest absolute Gasteiger partial charge is 0.338 e. The molecule has 2 aromatic carbocycles. The minimum absolute atomic E-state index is 0.228. The Morgan fingerprint density at radius 3 is 2.53 bits per heavy atom.